The van der Waals surface area contributed by atoms with Crippen LogP contribution in [0.25, 0.3) is 10.8 Å². The number of aromatic hydroxyl groups is 1. The molecule has 0 aliphatic heterocycles. The van der Waals surface area contributed by atoms with Gasteiger partial charge in [-0.15, -0.1) is 0 Å². The molecule has 8 nitrogen and oxygen atoms in total. The van der Waals surface area contributed by atoms with Crippen LogP contribution in [0.1, 0.15) is 12.5 Å². The molecule has 3 aromatic carbocycles. The van der Waals surface area contributed by atoms with Crippen LogP contribution < -0.4 is 10.7 Å². The molecule has 0 saturated heterocycles. The standard InChI is InChI=1S/C20H17ClN4O4/c1-12(23-17-8-4-6-13-5-2-3-7-16(13)17)20(27)24-22-11-14-9-15(21)10-18(19(14)26)25(28)29/h2-12,23,26H,1H3,(H,24,27)/b22-11-/t12-/m1/s1. The van der Waals surface area contributed by atoms with Crippen molar-refractivity contribution in [3.63, 3.8) is 0 Å². The van der Waals surface area contributed by atoms with Gasteiger partial charge in [0.15, 0.2) is 0 Å². The maximum atomic E-state index is 12.3. The highest BCUT2D eigenvalue weighted by molar-refractivity contribution is 6.31. The first-order valence-electron chi connectivity index (χ1n) is 8.61. The third-order valence-corrected chi connectivity index (χ3v) is 4.43. The van der Waals surface area contributed by atoms with Crippen LogP contribution in [0.3, 0.4) is 0 Å². The molecule has 0 bridgehead atoms. The van der Waals surface area contributed by atoms with Crippen molar-refractivity contribution in [2.75, 3.05) is 5.32 Å². The molecule has 1 amide bonds. The number of hydrogen-bond donors (Lipinski definition) is 3. The van der Waals surface area contributed by atoms with Gasteiger partial charge in [0.2, 0.25) is 5.75 Å². The summed E-state index contributed by atoms with van der Waals surface area (Å²) in [6.45, 7) is 1.67. The number of nitro benzene ring substituents is 1. The lowest BCUT2D eigenvalue weighted by Gasteiger charge is -2.15. The summed E-state index contributed by atoms with van der Waals surface area (Å²) in [5.74, 6) is -1.01. The second-order valence-corrected chi connectivity index (χ2v) is 6.68. The van der Waals surface area contributed by atoms with Crippen LogP contribution in [0.5, 0.6) is 5.75 Å². The van der Waals surface area contributed by atoms with E-state index in [1.54, 1.807) is 6.92 Å². The average molecular weight is 413 g/mol. The summed E-state index contributed by atoms with van der Waals surface area (Å²) in [5.41, 5.74) is 2.61. The number of nitrogens with one attached hydrogen (secondary N) is 2. The van der Waals surface area contributed by atoms with Crippen molar-refractivity contribution >= 4 is 45.9 Å². The number of hydrogen-bond acceptors (Lipinski definition) is 6. The van der Waals surface area contributed by atoms with E-state index >= 15 is 0 Å². The van der Waals surface area contributed by atoms with Gasteiger partial charge in [-0.2, -0.15) is 5.10 Å². The van der Waals surface area contributed by atoms with Crippen LogP contribution in [0.15, 0.2) is 59.7 Å². The number of nitrogens with zero attached hydrogens (tertiary/aromatic N) is 2. The molecule has 3 rings (SSSR count). The Morgan fingerprint density at radius 1 is 1.24 bits per heavy atom. The third-order valence-electron chi connectivity index (χ3n) is 4.21. The molecule has 0 unspecified atom stereocenters. The number of benzene rings is 3. The Bertz CT molecular complexity index is 1110. The Hall–Kier alpha value is -3.65. The molecule has 148 valence electrons. The first-order valence-corrected chi connectivity index (χ1v) is 8.98. The summed E-state index contributed by atoms with van der Waals surface area (Å²) in [6.07, 6.45) is 1.09. The Morgan fingerprint density at radius 2 is 1.97 bits per heavy atom. The molecular weight excluding hydrogens is 396 g/mol. The lowest BCUT2D eigenvalue weighted by atomic mass is 10.1. The van der Waals surface area contributed by atoms with Crippen molar-refractivity contribution in [3.05, 3.63) is 75.3 Å². The summed E-state index contributed by atoms with van der Waals surface area (Å²) in [6, 6.07) is 15.3. The number of rotatable bonds is 6. The van der Waals surface area contributed by atoms with E-state index in [9.17, 15) is 20.0 Å². The summed E-state index contributed by atoms with van der Waals surface area (Å²) in [7, 11) is 0. The van der Waals surface area contributed by atoms with E-state index in [-0.39, 0.29) is 10.6 Å². The van der Waals surface area contributed by atoms with Gasteiger partial charge in [0, 0.05) is 27.7 Å². The number of halogens is 1. The fraction of sp³-hybridized carbons (Fsp3) is 0.100. The van der Waals surface area contributed by atoms with Crippen LogP contribution >= 0.6 is 11.6 Å². The largest absolute Gasteiger partial charge is 0.502 e. The fourth-order valence-corrected chi connectivity index (χ4v) is 2.98. The molecular formula is C20H17ClN4O4. The minimum Gasteiger partial charge on any atom is -0.502 e. The Labute approximate surface area is 171 Å². The fourth-order valence-electron chi connectivity index (χ4n) is 2.76. The van der Waals surface area contributed by atoms with E-state index in [1.165, 1.54) is 6.07 Å². The third kappa shape index (κ3) is 4.61. The topological polar surface area (TPSA) is 117 Å². The number of phenols is 1. The minimum atomic E-state index is -0.757. The molecule has 0 aliphatic carbocycles. The lowest BCUT2D eigenvalue weighted by Crippen LogP contribution is -2.34. The van der Waals surface area contributed by atoms with E-state index in [2.05, 4.69) is 15.8 Å². The van der Waals surface area contributed by atoms with Crippen LogP contribution in [0, 0.1) is 10.1 Å². The van der Waals surface area contributed by atoms with Gasteiger partial charge < -0.3 is 10.4 Å². The summed E-state index contributed by atoms with van der Waals surface area (Å²) in [5, 5.41) is 29.8. The van der Waals surface area contributed by atoms with Crippen LogP contribution in [-0.2, 0) is 4.79 Å². The summed E-state index contributed by atoms with van der Waals surface area (Å²) in [4.78, 5) is 22.5. The predicted molar refractivity (Wildman–Crippen MR) is 113 cm³/mol. The maximum absolute atomic E-state index is 12.3. The number of nitro groups is 1. The lowest BCUT2D eigenvalue weighted by molar-refractivity contribution is -0.385. The highest BCUT2D eigenvalue weighted by Crippen LogP contribution is 2.32. The number of amides is 1. The number of fused-ring (bicyclic) bond motifs is 1. The van der Waals surface area contributed by atoms with Gasteiger partial charge in [0.1, 0.15) is 6.04 Å². The van der Waals surface area contributed by atoms with Crippen molar-refractivity contribution in [1.82, 2.24) is 5.43 Å². The first-order chi connectivity index (χ1) is 13.9. The van der Waals surface area contributed by atoms with Gasteiger partial charge in [0.25, 0.3) is 5.91 Å². The molecule has 0 saturated carbocycles. The number of carbonyl (C=O) groups is 1. The van der Waals surface area contributed by atoms with E-state index < -0.39 is 28.3 Å². The number of hydrazone groups is 1. The smallest absolute Gasteiger partial charge is 0.312 e. The van der Waals surface area contributed by atoms with Crippen LogP contribution in [0.4, 0.5) is 11.4 Å². The molecule has 0 heterocycles. The first kappa shape index (κ1) is 20.1. The number of anilines is 1. The zero-order valence-corrected chi connectivity index (χ0v) is 16.1. The second kappa shape index (κ2) is 8.57. The van der Waals surface area contributed by atoms with Gasteiger partial charge in [-0.1, -0.05) is 48.0 Å². The Kier molecular flexibility index (Phi) is 5.94. The van der Waals surface area contributed by atoms with Crippen molar-refractivity contribution in [3.8, 4) is 5.75 Å². The molecule has 0 fully saturated rings. The van der Waals surface area contributed by atoms with Crippen molar-refractivity contribution < 1.29 is 14.8 Å². The maximum Gasteiger partial charge on any atom is 0.312 e. The van der Waals surface area contributed by atoms with Gasteiger partial charge in [-0.05, 0) is 24.4 Å². The molecule has 3 N–H and O–H groups in total. The predicted octanol–water partition coefficient (Wildman–Crippen LogP) is 4.06. The van der Waals surface area contributed by atoms with Gasteiger partial charge >= 0.3 is 5.69 Å². The summed E-state index contributed by atoms with van der Waals surface area (Å²) < 4.78 is 0. The zero-order valence-electron chi connectivity index (χ0n) is 15.3. The van der Waals surface area contributed by atoms with Crippen molar-refractivity contribution in [2.45, 2.75) is 13.0 Å². The number of carbonyl (C=O) groups excluding carboxylic acids is 1. The molecule has 29 heavy (non-hydrogen) atoms. The van der Waals surface area contributed by atoms with E-state index in [0.29, 0.717) is 0 Å². The normalized spacial score (nSPS) is 12.1. The van der Waals surface area contributed by atoms with Gasteiger partial charge in [-0.3, -0.25) is 14.9 Å². The minimum absolute atomic E-state index is 0.0131. The summed E-state index contributed by atoms with van der Waals surface area (Å²) >= 11 is 5.82. The van der Waals surface area contributed by atoms with Crippen LogP contribution in [-0.4, -0.2) is 28.2 Å². The molecule has 0 aromatic heterocycles. The highest BCUT2D eigenvalue weighted by atomic mass is 35.5. The molecule has 1 atom stereocenters. The zero-order chi connectivity index (χ0) is 21.0. The monoisotopic (exact) mass is 412 g/mol. The molecule has 0 radical (unpaired) electrons. The molecule has 0 spiro atoms. The van der Waals surface area contributed by atoms with E-state index in [0.717, 1.165) is 28.7 Å². The van der Waals surface area contributed by atoms with E-state index in [4.69, 9.17) is 11.6 Å². The average Bonchev–Trinajstić information content (AvgIpc) is 2.70. The van der Waals surface area contributed by atoms with Gasteiger partial charge in [0.05, 0.1) is 11.1 Å². The number of phenolic OH excluding ortho intramolecular Hbond substituents is 1. The SMILES string of the molecule is C[C@@H](Nc1cccc2ccccc12)C(=O)N/N=C\c1cc(Cl)cc([N+](=O)[O-])c1O. The Morgan fingerprint density at radius 3 is 2.72 bits per heavy atom. The van der Waals surface area contributed by atoms with Gasteiger partial charge in [-0.25, -0.2) is 5.43 Å². The molecule has 0 aliphatic rings. The second-order valence-electron chi connectivity index (χ2n) is 6.25. The quantitative estimate of drug-likeness (QED) is 0.320. The van der Waals surface area contributed by atoms with Crippen LogP contribution in [0.2, 0.25) is 5.02 Å². The van der Waals surface area contributed by atoms with E-state index in [1.807, 2.05) is 42.5 Å². The molecule has 3 aromatic rings. The van der Waals surface area contributed by atoms with Crippen molar-refractivity contribution in [1.29, 1.82) is 0 Å². The molecule has 9 heteroatoms. The highest BCUT2D eigenvalue weighted by Gasteiger charge is 2.18. The van der Waals surface area contributed by atoms with Crippen molar-refractivity contribution in [2.24, 2.45) is 5.10 Å². The Balaban J connectivity index is 1.70.